The van der Waals surface area contributed by atoms with E-state index in [0.717, 1.165) is 10.9 Å². The minimum atomic E-state index is -0.414. The van der Waals surface area contributed by atoms with Crippen LogP contribution in [0, 0.1) is 0 Å². The number of likely N-dealkylation sites (N-methyl/N-ethyl adjacent to an activating group) is 1. The number of benzene rings is 1. The highest BCUT2D eigenvalue weighted by molar-refractivity contribution is 5.92. The number of hydrogen-bond donors (Lipinski definition) is 2. The van der Waals surface area contributed by atoms with Crippen molar-refractivity contribution < 1.29 is 4.79 Å². The van der Waals surface area contributed by atoms with Crippen molar-refractivity contribution in [1.82, 2.24) is 9.97 Å². The lowest BCUT2D eigenvalue weighted by atomic mass is 10.2. The van der Waals surface area contributed by atoms with Crippen LogP contribution in [0.1, 0.15) is 0 Å². The highest BCUT2D eigenvalue weighted by Gasteiger charge is 2.10. The van der Waals surface area contributed by atoms with Gasteiger partial charge in [-0.25, -0.2) is 9.97 Å². The standard InChI is InChI=1S/C11H13N5O/c1-16(5-10(13)17)11-8-4-7(12)2-3-9(8)14-6-15-11/h2-4,6H,5,12H2,1H3,(H2,13,17). The molecule has 1 aromatic carbocycles. The molecule has 0 aliphatic carbocycles. The van der Waals surface area contributed by atoms with Crippen molar-refractivity contribution in [3.63, 3.8) is 0 Å². The van der Waals surface area contributed by atoms with Gasteiger partial charge in [0.05, 0.1) is 12.1 Å². The SMILES string of the molecule is CN(CC(N)=O)c1ncnc2ccc(N)cc12. The normalized spacial score (nSPS) is 10.4. The molecule has 0 bridgehead atoms. The van der Waals surface area contributed by atoms with E-state index in [1.807, 2.05) is 6.07 Å². The van der Waals surface area contributed by atoms with Crippen molar-refractivity contribution in [2.75, 3.05) is 24.2 Å². The molecule has 1 heterocycles. The van der Waals surface area contributed by atoms with Gasteiger partial charge in [0.15, 0.2) is 0 Å². The third kappa shape index (κ3) is 2.25. The van der Waals surface area contributed by atoms with Crippen LogP contribution in [0.25, 0.3) is 10.9 Å². The molecule has 17 heavy (non-hydrogen) atoms. The Morgan fingerprint density at radius 1 is 1.41 bits per heavy atom. The lowest BCUT2D eigenvalue weighted by molar-refractivity contribution is -0.116. The number of fused-ring (bicyclic) bond motifs is 1. The first kappa shape index (κ1) is 11.1. The van der Waals surface area contributed by atoms with Gasteiger partial charge in [-0.05, 0) is 18.2 Å². The second-order valence-corrected chi connectivity index (χ2v) is 3.80. The van der Waals surface area contributed by atoms with Crippen molar-refractivity contribution in [2.24, 2.45) is 5.73 Å². The summed E-state index contributed by atoms with van der Waals surface area (Å²) in [5.74, 6) is 0.226. The summed E-state index contributed by atoms with van der Waals surface area (Å²) in [6.07, 6.45) is 1.45. The number of amides is 1. The van der Waals surface area contributed by atoms with Gasteiger partial charge in [0.2, 0.25) is 5.91 Å². The van der Waals surface area contributed by atoms with Crippen LogP contribution in [0.2, 0.25) is 0 Å². The first-order valence-corrected chi connectivity index (χ1v) is 5.07. The van der Waals surface area contributed by atoms with Gasteiger partial charge in [-0.3, -0.25) is 4.79 Å². The van der Waals surface area contributed by atoms with E-state index in [4.69, 9.17) is 11.5 Å². The summed E-state index contributed by atoms with van der Waals surface area (Å²) in [6.45, 7) is 0.0981. The maximum atomic E-state index is 10.9. The van der Waals surface area contributed by atoms with Crippen molar-refractivity contribution in [1.29, 1.82) is 0 Å². The van der Waals surface area contributed by atoms with Gasteiger partial charge in [0.1, 0.15) is 12.1 Å². The van der Waals surface area contributed by atoms with Gasteiger partial charge in [-0.2, -0.15) is 0 Å². The van der Waals surface area contributed by atoms with Crippen LogP contribution in [0.3, 0.4) is 0 Å². The molecule has 0 saturated carbocycles. The maximum Gasteiger partial charge on any atom is 0.236 e. The second-order valence-electron chi connectivity index (χ2n) is 3.80. The molecule has 0 fully saturated rings. The number of carbonyl (C=O) groups excluding carboxylic acids is 1. The smallest absolute Gasteiger partial charge is 0.236 e. The molecule has 0 radical (unpaired) electrons. The highest BCUT2D eigenvalue weighted by atomic mass is 16.1. The molecule has 0 saturated heterocycles. The number of carbonyl (C=O) groups is 1. The molecule has 0 aliphatic heterocycles. The van der Waals surface area contributed by atoms with Crippen LogP contribution in [0.4, 0.5) is 11.5 Å². The Labute approximate surface area is 98.2 Å². The highest BCUT2D eigenvalue weighted by Crippen LogP contribution is 2.23. The minimum absolute atomic E-state index is 0.0981. The summed E-state index contributed by atoms with van der Waals surface area (Å²) in [7, 11) is 1.75. The largest absolute Gasteiger partial charge is 0.399 e. The summed E-state index contributed by atoms with van der Waals surface area (Å²) in [6, 6.07) is 5.36. The maximum absolute atomic E-state index is 10.9. The monoisotopic (exact) mass is 231 g/mol. The van der Waals surface area contributed by atoms with E-state index >= 15 is 0 Å². The lowest BCUT2D eigenvalue weighted by Gasteiger charge is -2.17. The van der Waals surface area contributed by atoms with Crippen molar-refractivity contribution >= 4 is 28.3 Å². The van der Waals surface area contributed by atoms with Gasteiger partial charge < -0.3 is 16.4 Å². The molecule has 88 valence electrons. The van der Waals surface area contributed by atoms with E-state index in [-0.39, 0.29) is 6.54 Å². The second kappa shape index (κ2) is 4.25. The molecule has 0 unspecified atom stereocenters. The molecule has 1 aromatic heterocycles. The first-order chi connectivity index (χ1) is 8.08. The summed E-state index contributed by atoms with van der Waals surface area (Å²) in [5, 5.41) is 0.802. The number of hydrogen-bond acceptors (Lipinski definition) is 5. The van der Waals surface area contributed by atoms with Crippen LogP contribution in [0.5, 0.6) is 0 Å². The molecule has 2 aromatic rings. The van der Waals surface area contributed by atoms with Crippen LogP contribution in [-0.2, 0) is 4.79 Å². The van der Waals surface area contributed by atoms with Gasteiger partial charge in [0, 0.05) is 18.1 Å². The van der Waals surface area contributed by atoms with Crippen LogP contribution >= 0.6 is 0 Å². The van der Waals surface area contributed by atoms with E-state index in [2.05, 4.69) is 9.97 Å². The van der Waals surface area contributed by atoms with E-state index in [1.165, 1.54) is 6.33 Å². The van der Waals surface area contributed by atoms with E-state index in [9.17, 15) is 4.79 Å². The van der Waals surface area contributed by atoms with Gasteiger partial charge in [-0.1, -0.05) is 0 Å². The van der Waals surface area contributed by atoms with Gasteiger partial charge in [-0.15, -0.1) is 0 Å². The molecule has 1 amide bonds. The quantitative estimate of drug-likeness (QED) is 0.732. The van der Waals surface area contributed by atoms with Crippen molar-refractivity contribution in [2.45, 2.75) is 0 Å². The number of nitrogens with two attached hydrogens (primary N) is 2. The Bertz CT molecular complexity index is 569. The predicted octanol–water partition coefficient (Wildman–Crippen LogP) is 0.134. The van der Waals surface area contributed by atoms with Crippen LogP contribution in [-0.4, -0.2) is 29.5 Å². The number of nitrogens with zero attached hydrogens (tertiary/aromatic N) is 3. The topological polar surface area (TPSA) is 98.1 Å². The van der Waals surface area contributed by atoms with Crippen molar-refractivity contribution in [3.05, 3.63) is 24.5 Å². The Balaban J connectivity index is 2.52. The van der Waals surface area contributed by atoms with E-state index in [0.29, 0.717) is 11.5 Å². The third-order valence-corrected chi connectivity index (χ3v) is 2.39. The van der Waals surface area contributed by atoms with Crippen LogP contribution in [0.15, 0.2) is 24.5 Å². The summed E-state index contributed by atoms with van der Waals surface area (Å²) >= 11 is 0. The summed E-state index contributed by atoms with van der Waals surface area (Å²) < 4.78 is 0. The summed E-state index contributed by atoms with van der Waals surface area (Å²) in [4.78, 5) is 20.9. The van der Waals surface area contributed by atoms with E-state index in [1.54, 1.807) is 24.1 Å². The van der Waals surface area contributed by atoms with Crippen molar-refractivity contribution in [3.8, 4) is 0 Å². The number of aromatic nitrogens is 2. The predicted molar refractivity (Wildman–Crippen MR) is 66.4 cm³/mol. The minimum Gasteiger partial charge on any atom is -0.399 e. The zero-order valence-corrected chi connectivity index (χ0v) is 9.42. The third-order valence-electron chi connectivity index (χ3n) is 2.39. The van der Waals surface area contributed by atoms with Gasteiger partial charge >= 0.3 is 0 Å². The molecule has 2 rings (SSSR count). The Morgan fingerprint density at radius 3 is 2.88 bits per heavy atom. The molecule has 0 aliphatic rings. The van der Waals surface area contributed by atoms with Gasteiger partial charge in [0.25, 0.3) is 0 Å². The number of primary amides is 1. The number of anilines is 2. The Hall–Kier alpha value is -2.37. The molecular weight excluding hydrogens is 218 g/mol. The molecule has 0 spiro atoms. The fraction of sp³-hybridized carbons (Fsp3) is 0.182. The average Bonchev–Trinajstić information content (AvgIpc) is 2.27. The zero-order valence-electron chi connectivity index (χ0n) is 9.42. The number of nitrogen functional groups attached to an aromatic ring is 1. The Kier molecular flexibility index (Phi) is 2.78. The molecule has 4 N–H and O–H groups in total. The lowest BCUT2D eigenvalue weighted by Crippen LogP contribution is -2.31. The number of rotatable bonds is 3. The fourth-order valence-corrected chi connectivity index (χ4v) is 1.67. The molecule has 0 atom stereocenters. The zero-order chi connectivity index (χ0) is 12.4. The molecular formula is C11H13N5O. The van der Waals surface area contributed by atoms with E-state index < -0.39 is 5.91 Å². The summed E-state index contributed by atoms with van der Waals surface area (Å²) in [5.41, 5.74) is 12.3. The average molecular weight is 231 g/mol. The fourth-order valence-electron chi connectivity index (χ4n) is 1.67. The van der Waals surface area contributed by atoms with Crippen LogP contribution < -0.4 is 16.4 Å². The first-order valence-electron chi connectivity index (χ1n) is 5.07. The molecule has 6 nitrogen and oxygen atoms in total. The Morgan fingerprint density at radius 2 is 2.18 bits per heavy atom. The molecule has 6 heteroatoms.